The van der Waals surface area contributed by atoms with Crippen molar-refractivity contribution in [3.8, 4) is 0 Å². The van der Waals surface area contributed by atoms with Gasteiger partial charge in [-0.2, -0.15) is 0 Å². The number of hydrogen-bond acceptors (Lipinski definition) is 4. The van der Waals surface area contributed by atoms with Gasteiger partial charge in [0.25, 0.3) is 0 Å². The average Bonchev–Trinajstić information content (AvgIpc) is 1.36. The van der Waals surface area contributed by atoms with Crippen LogP contribution >= 0.6 is 0 Å². The SMILES string of the molecule is O=C([O-])C(=O)[O-].[Hg+].[NH4+]. The molecule has 1 radical (unpaired) electrons. The second-order valence-corrected chi connectivity index (χ2v) is 0.575. The normalized spacial score (nSPS) is 5.50. The topological polar surface area (TPSA) is 117 Å². The molecule has 0 spiro atoms. The summed E-state index contributed by atoms with van der Waals surface area (Å²) in [5, 5.41) is 17.9. The summed E-state index contributed by atoms with van der Waals surface area (Å²) >= 11 is 0. The van der Waals surface area contributed by atoms with E-state index < -0.39 is 11.9 Å². The molecule has 0 aromatic heterocycles. The maximum atomic E-state index is 8.93. The van der Waals surface area contributed by atoms with Gasteiger partial charge in [0.05, 0.1) is 11.9 Å². The molecule has 6 heteroatoms. The standard InChI is InChI=1S/C2H2O4.Hg.H3N/c3-1(4)2(5)6;;/h(H,3,4)(H,5,6);;1H3/q;+1;/p-1. The van der Waals surface area contributed by atoms with Gasteiger partial charge < -0.3 is 26.0 Å². The fourth-order valence-corrected chi connectivity index (χ4v) is 0. The second kappa shape index (κ2) is 6.84. The van der Waals surface area contributed by atoms with Crippen molar-refractivity contribution in [1.29, 1.82) is 0 Å². The molecule has 5 nitrogen and oxygen atoms in total. The summed E-state index contributed by atoms with van der Waals surface area (Å²) in [5.41, 5.74) is 0. The van der Waals surface area contributed by atoms with Crippen LogP contribution in [0.5, 0.6) is 0 Å². The van der Waals surface area contributed by atoms with Crippen molar-refractivity contribution in [2.75, 3.05) is 0 Å². The number of carboxylic acid groups (broad SMARTS) is 2. The molecule has 4 N–H and O–H groups in total. The maximum Gasteiger partial charge on any atom is 1.00 e. The summed E-state index contributed by atoms with van der Waals surface area (Å²) in [6.45, 7) is 0. The maximum absolute atomic E-state index is 8.93. The number of carboxylic acids is 2. The first-order valence-corrected chi connectivity index (χ1v) is 1.07. The van der Waals surface area contributed by atoms with Crippen molar-refractivity contribution in [3.63, 3.8) is 0 Å². The first-order chi connectivity index (χ1) is 2.64. The van der Waals surface area contributed by atoms with Gasteiger partial charge in [-0.1, -0.05) is 0 Å². The Bertz CT molecular complexity index is 80.0. The molecular weight excluding hydrogens is 303 g/mol. The second-order valence-electron chi connectivity index (χ2n) is 0.575. The van der Waals surface area contributed by atoms with Gasteiger partial charge in [0, 0.05) is 0 Å². The molecule has 0 aliphatic carbocycles. The molecule has 43 valence electrons. The van der Waals surface area contributed by atoms with Gasteiger partial charge >= 0.3 is 27.7 Å². The first-order valence-electron chi connectivity index (χ1n) is 1.07. The van der Waals surface area contributed by atoms with Crippen molar-refractivity contribution in [2.24, 2.45) is 0 Å². The Morgan fingerprint density at radius 2 is 1.12 bits per heavy atom. The quantitative estimate of drug-likeness (QED) is 0.376. The van der Waals surface area contributed by atoms with Gasteiger partial charge in [0.1, 0.15) is 0 Å². The van der Waals surface area contributed by atoms with Gasteiger partial charge in [-0.05, 0) is 0 Å². The predicted molar refractivity (Wildman–Crippen MR) is 16.0 cm³/mol. The van der Waals surface area contributed by atoms with E-state index in [-0.39, 0.29) is 33.8 Å². The van der Waals surface area contributed by atoms with Crippen molar-refractivity contribution in [3.05, 3.63) is 0 Å². The molecule has 0 rings (SSSR count). The summed E-state index contributed by atoms with van der Waals surface area (Å²) in [5.74, 6) is -4.37. The zero-order chi connectivity index (χ0) is 5.15. The number of aliphatic carboxylic acids is 2. The summed E-state index contributed by atoms with van der Waals surface area (Å²) in [6, 6.07) is 0. The van der Waals surface area contributed by atoms with E-state index in [9.17, 15) is 0 Å². The molecule has 0 aliphatic rings. The Morgan fingerprint density at radius 1 is 1.00 bits per heavy atom. The number of quaternary nitrogens is 1. The fraction of sp³-hybridized carbons (Fsp3) is 0. The molecule has 0 bridgehead atoms. The molecule has 0 aliphatic heterocycles. The fourth-order valence-electron chi connectivity index (χ4n) is 0. The number of rotatable bonds is 0. The van der Waals surface area contributed by atoms with Crippen molar-refractivity contribution in [1.82, 2.24) is 6.15 Å². The summed E-state index contributed by atoms with van der Waals surface area (Å²) in [7, 11) is 0. The zero-order valence-corrected chi connectivity index (χ0v) is 9.84. The Hall–Kier alpha value is -0.165. The van der Waals surface area contributed by atoms with E-state index in [0.717, 1.165) is 0 Å². The largest absolute Gasteiger partial charge is 1.00 e. The molecule has 0 unspecified atom stereocenters. The Labute approximate surface area is 65.8 Å². The minimum absolute atomic E-state index is 0. The van der Waals surface area contributed by atoms with Crippen LogP contribution in [0.15, 0.2) is 0 Å². The molecular formula is C2H4HgNO4. The smallest absolute Gasteiger partial charge is 0.543 e. The summed E-state index contributed by atoms with van der Waals surface area (Å²) < 4.78 is 0. The van der Waals surface area contributed by atoms with E-state index in [0.29, 0.717) is 0 Å². The van der Waals surface area contributed by atoms with Crippen LogP contribution < -0.4 is 16.4 Å². The third kappa shape index (κ3) is 9.27. The Kier molecular flexibility index (Phi) is 13.4. The molecule has 0 saturated heterocycles. The molecule has 0 atom stereocenters. The number of hydrogen-bond donors (Lipinski definition) is 1. The number of carbonyl (C=O) groups is 2. The van der Waals surface area contributed by atoms with Gasteiger partial charge in [0.2, 0.25) is 0 Å². The minimum atomic E-state index is -2.19. The van der Waals surface area contributed by atoms with Crippen LogP contribution in [0.25, 0.3) is 0 Å². The molecule has 0 aromatic rings. The van der Waals surface area contributed by atoms with Crippen molar-refractivity contribution in [2.45, 2.75) is 0 Å². The monoisotopic (exact) mass is 308 g/mol. The molecule has 0 heterocycles. The third-order valence-electron chi connectivity index (χ3n) is 0.167. The number of carbonyl (C=O) groups excluding carboxylic acids is 2. The van der Waals surface area contributed by atoms with Crippen LogP contribution in [-0.2, 0) is 37.3 Å². The van der Waals surface area contributed by atoms with Gasteiger partial charge in [-0.3, -0.25) is 0 Å². The van der Waals surface area contributed by atoms with E-state index in [1.54, 1.807) is 0 Å². The molecule has 0 fully saturated rings. The van der Waals surface area contributed by atoms with E-state index in [2.05, 4.69) is 0 Å². The molecule has 0 aromatic carbocycles. The van der Waals surface area contributed by atoms with E-state index in [4.69, 9.17) is 19.8 Å². The Balaban J connectivity index is -0.000000125. The van der Waals surface area contributed by atoms with Gasteiger partial charge in [0.15, 0.2) is 0 Å². The molecule has 0 saturated carbocycles. The van der Waals surface area contributed by atoms with Crippen LogP contribution in [0, 0.1) is 0 Å². The Morgan fingerprint density at radius 3 is 1.12 bits per heavy atom. The van der Waals surface area contributed by atoms with Crippen LogP contribution in [-0.4, -0.2) is 11.9 Å². The first kappa shape index (κ1) is 15.7. The van der Waals surface area contributed by atoms with E-state index in [1.165, 1.54) is 0 Å². The van der Waals surface area contributed by atoms with Crippen molar-refractivity contribution >= 4 is 11.9 Å². The molecule has 0 amide bonds. The summed E-state index contributed by atoms with van der Waals surface area (Å²) in [4.78, 5) is 17.9. The van der Waals surface area contributed by atoms with Crippen LogP contribution in [0.2, 0.25) is 0 Å². The van der Waals surface area contributed by atoms with E-state index in [1.807, 2.05) is 0 Å². The van der Waals surface area contributed by atoms with Gasteiger partial charge in [-0.25, -0.2) is 0 Å². The van der Waals surface area contributed by atoms with Crippen LogP contribution in [0.4, 0.5) is 0 Å². The van der Waals surface area contributed by atoms with E-state index >= 15 is 0 Å². The molecule has 8 heavy (non-hydrogen) atoms. The average molecular weight is 307 g/mol. The van der Waals surface area contributed by atoms with Crippen LogP contribution in [0.1, 0.15) is 0 Å². The summed E-state index contributed by atoms with van der Waals surface area (Å²) in [6.07, 6.45) is 0. The zero-order valence-electron chi connectivity index (χ0n) is 4.34. The predicted octanol–water partition coefficient (Wildman–Crippen LogP) is -3.14. The van der Waals surface area contributed by atoms with Crippen LogP contribution in [0.3, 0.4) is 0 Å². The third-order valence-corrected chi connectivity index (χ3v) is 0.167. The van der Waals surface area contributed by atoms with Crippen molar-refractivity contribution < 1.29 is 47.5 Å². The minimum Gasteiger partial charge on any atom is -0.543 e. The van der Waals surface area contributed by atoms with Gasteiger partial charge in [-0.15, -0.1) is 0 Å².